The number of hydrogen-bond donors (Lipinski definition) is 1. The van der Waals surface area contributed by atoms with Crippen molar-refractivity contribution in [2.24, 2.45) is 0 Å². The van der Waals surface area contributed by atoms with E-state index >= 15 is 0 Å². The molecule has 0 fully saturated rings. The van der Waals surface area contributed by atoms with Crippen LogP contribution in [0.25, 0.3) is 5.82 Å². The molecule has 19 heavy (non-hydrogen) atoms. The fourth-order valence-electron chi connectivity index (χ4n) is 1.40. The first-order valence-electron chi connectivity index (χ1n) is 5.58. The largest absolute Gasteiger partial charge is 0.462 e. The molecule has 100 valence electrons. The van der Waals surface area contributed by atoms with E-state index < -0.39 is 11.8 Å². The first-order chi connectivity index (χ1) is 9.15. The molecule has 0 saturated heterocycles. The number of carbonyl (C=O) groups is 1. The summed E-state index contributed by atoms with van der Waals surface area (Å²) >= 11 is 0. The van der Waals surface area contributed by atoms with Gasteiger partial charge in [0.1, 0.15) is 0 Å². The lowest BCUT2D eigenvalue weighted by Gasteiger charge is -2.04. The number of hydrogen-bond acceptors (Lipinski definition) is 6. The van der Waals surface area contributed by atoms with E-state index in [9.17, 15) is 9.18 Å². The van der Waals surface area contributed by atoms with Crippen molar-refractivity contribution in [1.82, 2.24) is 19.7 Å². The van der Waals surface area contributed by atoms with Gasteiger partial charge in [0, 0.05) is 13.2 Å². The van der Waals surface area contributed by atoms with Crippen LogP contribution in [0.3, 0.4) is 0 Å². The SMILES string of the molecule is CCOC(=O)c1cnn(-c2nc(NC)ncc2F)c1. The van der Waals surface area contributed by atoms with Crippen LogP contribution in [0.4, 0.5) is 10.3 Å². The highest BCUT2D eigenvalue weighted by atomic mass is 19.1. The fraction of sp³-hybridized carbons (Fsp3) is 0.273. The maximum absolute atomic E-state index is 13.6. The van der Waals surface area contributed by atoms with Gasteiger partial charge in [-0.05, 0) is 6.92 Å². The molecule has 0 saturated carbocycles. The number of nitrogens with one attached hydrogen (secondary N) is 1. The van der Waals surface area contributed by atoms with Gasteiger partial charge in [-0.3, -0.25) is 0 Å². The Morgan fingerprint density at radius 3 is 3.00 bits per heavy atom. The molecule has 0 aromatic carbocycles. The lowest BCUT2D eigenvalue weighted by molar-refractivity contribution is 0.0526. The maximum Gasteiger partial charge on any atom is 0.341 e. The van der Waals surface area contributed by atoms with Crippen LogP contribution in [-0.2, 0) is 4.74 Å². The molecule has 2 heterocycles. The summed E-state index contributed by atoms with van der Waals surface area (Å²) in [6.07, 6.45) is 3.67. The molecule has 0 atom stereocenters. The fourth-order valence-corrected chi connectivity index (χ4v) is 1.40. The monoisotopic (exact) mass is 265 g/mol. The summed E-state index contributed by atoms with van der Waals surface area (Å²) < 4.78 is 19.6. The Balaban J connectivity index is 2.34. The summed E-state index contributed by atoms with van der Waals surface area (Å²) in [5, 5.41) is 6.58. The number of esters is 1. The molecule has 0 amide bonds. The zero-order valence-corrected chi connectivity index (χ0v) is 10.4. The zero-order valence-electron chi connectivity index (χ0n) is 10.4. The van der Waals surface area contributed by atoms with Crippen molar-refractivity contribution in [2.45, 2.75) is 6.92 Å². The van der Waals surface area contributed by atoms with Crippen molar-refractivity contribution in [2.75, 3.05) is 19.0 Å². The topological polar surface area (TPSA) is 81.9 Å². The van der Waals surface area contributed by atoms with Gasteiger partial charge in [-0.2, -0.15) is 10.1 Å². The highest BCUT2D eigenvalue weighted by molar-refractivity contribution is 5.88. The third-order valence-corrected chi connectivity index (χ3v) is 2.26. The first kappa shape index (κ1) is 12.9. The van der Waals surface area contributed by atoms with E-state index in [-0.39, 0.29) is 23.9 Å². The normalized spacial score (nSPS) is 10.3. The van der Waals surface area contributed by atoms with Crippen molar-refractivity contribution >= 4 is 11.9 Å². The van der Waals surface area contributed by atoms with Gasteiger partial charge in [0.05, 0.1) is 24.6 Å². The second-order valence-electron chi connectivity index (χ2n) is 3.51. The number of rotatable bonds is 4. The van der Waals surface area contributed by atoms with E-state index in [1.165, 1.54) is 12.4 Å². The van der Waals surface area contributed by atoms with Gasteiger partial charge in [-0.25, -0.2) is 18.9 Å². The highest BCUT2D eigenvalue weighted by Gasteiger charge is 2.14. The van der Waals surface area contributed by atoms with Crippen molar-refractivity contribution in [3.8, 4) is 5.82 Å². The number of aromatic nitrogens is 4. The number of anilines is 1. The molecule has 8 heteroatoms. The maximum atomic E-state index is 13.6. The quantitative estimate of drug-likeness (QED) is 0.831. The zero-order chi connectivity index (χ0) is 13.8. The van der Waals surface area contributed by atoms with Gasteiger partial charge in [-0.1, -0.05) is 0 Å². The molecule has 1 N–H and O–H groups in total. The van der Waals surface area contributed by atoms with Crippen LogP contribution in [0, 0.1) is 5.82 Å². The summed E-state index contributed by atoms with van der Waals surface area (Å²) in [6, 6.07) is 0. The average Bonchev–Trinajstić information content (AvgIpc) is 2.89. The van der Waals surface area contributed by atoms with Gasteiger partial charge >= 0.3 is 5.97 Å². The lowest BCUT2D eigenvalue weighted by Crippen LogP contribution is -2.07. The molecular formula is C11H12FN5O2. The highest BCUT2D eigenvalue weighted by Crippen LogP contribution is 2.12. The molecule has 0 radical (unpaired) electrons. The van der Waals surface area contributed by atoms with E-state index in [1.54, 1.807) is 14.0 Å². The molecule has 2 aromatic heterocycles. The van der Waals surface area contributed by atoms with Crippen LogP contribution in [0.5, 0.6) is 0 Å². The summed E-state index contributed by atoms with van der Waals surface area (Å²) in [4.78, 5) is 19.1. The molecule has 0 aliphatic rings. The predicted molar refractivity (Wildman–Crippen MR) is 64.6 cm³/mol. The minimum atomic E-state index is -0.641. The van der Waals surface area contributed by atoms with Crippen LogP contribution in [0.2, 0.25) is 0 Å². The summed E-state index contributed by atoms with van der Waals surface area (Å²) in [6.45, 7) is 1.96. The molecule has 2 rings (SSSR count). The second kappa shape index (κ2) is 5.42. The van der Waals surface area contributed by atoms with Gasteiger partial charge in [0.2, 0.25) is 5.95 Å². The Bertz CT molecular complexity index is 599. The molecule has 0 unspecified atom stereocenters. The Labute approximate surface area is 108 Å². The van der Waals surface area contributed by atoms with E-state index in [0.717, 1.165) is 10.9 Å². The minimum absolute atomic E-state index is 0.0464. The molecule has 0 aliphatic heterocycles. The lowest BCUT2D eigenvalue weighted by atomic mass is 10.4. The van der Waals surface area contributed by atoms with Gasteiger partial charge in [-0.15, -0.1) is 0 Å². The van der Waals surface area contributed by atoms with Crippen molar-refractivity contribution in [3.63, 3.8) is 0 Å². The van der Waals surface area contributed by atoms with Crippen LogP contribution >= 0.6 is 0 Å². The Hall–Kier alpha value is -2.51. The third kappa shape index (κ3) is 2.67. The minimum Gasteiger partial charge on any atom is -0.462 e. The predicted octanol–water partition coefficient (Wildman–Crippen LogP) is 1.02. The number of halogens is 1. The number of nitrogens with zero attached hydrogens (tertiary/aromatic N) is 4. The van der Waals surface area contributed by atoms with E-state index in [2.05, 4.69) is 20.4 Å². The van der Waals surface area contributed by atoms with Crippen LogP contribution < -0.4 is 5.32 Å². The first-order valence-corrected chi connectivity index (χ1v) is 5.58. The van der Waals surface area contributed by atoms with Gasteiger partial charge < -0.3 is 10.1 Å². The Morgan fingerprint density at radius 1 is 1.53 bits per heavy atom. The van der Waals surface area contributed by atoms with Crippen LogP contribution in [-0.4, -0.2) is 39.4 Å². The molecular weight excluding hydrogens is 253 g/mol. The molecule has 7 nitrogen and oxygen atoms in total. The third-order valence-electron chi connectivity index (χ3n) is 2.26. The Kier molecular flexibility index (Phi) is 3.69. The van der Waals surface area contributed by atoms with Crippen LogP contribution in [0.15, 0.2) is 18.6 Å². The molecule has 2 aromatic rings. The van der Waals surface area contributed by atoms with Crippen molar-refractivity contribution in [1.29, 1.82) is 0 Å². The summed E-state index contributed by atoms with van der Waals surface area (Å²) in [5.74, 6) is -0.950. The average molecular weight is 265 g/mol. The van der Waals surface area contributed by atoms with Crippen molar-refractivity contribution in [3.05, 3.63) is 30.0 Å². The second-order valence-corrected chi connectivity index (χ2v) is 3.51. The Morgan fingerprint density at radius 2 is 2.32 bits per heavy atom. The molecule has 0 bridgehead atoms. The molecule has 0 aliphatic carbocycles. The van der Waals surface area contributed by atoms with E-state index in [1.807, 2.05) is 0 Å². The summed E-state index contributed by atoms with van der Waals surface area (Å²) in [7, 11) is 1.62. The van der Waals surface area contributed by atoms with Crippen molar-refractivity contribution < 1.29 is 13.9 Å². The standard InChI is InChI=1S/C11H12FN5O2/c1-3-19-10(18)7-4-15-17(6-7)9-8(12)5-14-11(13-2)16-9/h4-6H,3H2,1-2H3,(H,13,14,16). The van der Waals surface area contributed by atoms with Gasteiger partial charge in [0.15, 0.2) is 11.6 Å². The smallest absolute Gasteiger partial charge is 0.341 e. The van der Waals surface area contributed by atoms with E-state index in [4.69, 9.17) is 4.74 Å². The van der Waals surface area contributed by atoms with E-state index in [0.29, 0.717) is 0 Å². The van der Waals surface area contributed by atoms with Gasteiger partial charge in [0.25, 0.3) is 0 Å². The van der Waals surface area contributed by atoms with Crippen LogP contribution in [0.1, 0.15) is 17.3 Å². The number of carbonyl (C=O) groups excluding carboxylic acids is 1. The molecule has 0 spiro atoms. The summed E-state index contributed by atoms with van der Waals surface area (Å²) in [5.41, 5.74) is 0.228. The number of ether oxygens (including phenoxy) is 1.